The van der Waals surface area contributed by atoms with Crippen LogP contribution in [-0.2, 0) is 16.9 Å². The van der Waals surface area contributed by atoms with Gasteiger partial charge in [-0.05, 0) is 29.8 Å². The Kier molecular flexibility index (Phi) is 4.45. The lowest BCUT2D eigenvalue weighted by Crippen LogP contribution is -2.48. The summed E-state index contributed by atoms with van der Waals surface area (Å²) in [6, 6.07) is 22.7. The van der Waals surface area contributed by atoms with E-state index < -0.39 is 5.54 Å². The third kappa shape index (κ3) is 2.78. The number of hydrogen-bond donors (Lipinski definition) is 2. The molecule has 0 aromatic heterocycles. The second-order valence-electron chi connectivity index (χ2n) is 6.21. The van der Waals surface area contributed by atoms with Crippen molar-refractivity contribution in [1.29, 1.82) is 0 Å². The lowest BCUT2D eigenvalue weighted by Gasteiger charge is -2.30. The van der Waals surface area contributed by atoms with Crippen LogP contribution in [0.25, 0.3) is 0 Å². The number of anilines is 1. The number of halogens is 2. The fraction of sp³-hybridized carbons (Fsp3) is 0.0952. The fourth-order valence-corrected chi connectivity index (χ4v) is 3.86. The van der Waals surface area contributed by atoms with Crippen LogP contribution in [0.2, 0.25) is 10.0 Å². The zero-order chi connectivity index (χ0) is 18.1. The molecule has 1 atom stereocenters. The van der Waals surface area contributed by atoms with Crippen molar-refractivity contribution in [3.63, 3.8) is 0 Å². The van der Waals surface area contributed by atoms with Crippen LogP contribution in [0.1, 0.15) is 16.7 Å². The summed E-state index contributed by atoms with van der Waals surface area (Å²) in [5.41, 5.74) is 2.19. The van der Waals surface area contributed by atoms with Gasteiger partial charge >= 0.3 is 0 Å². The van der Waals surface area contributed by atoms with Gasteiger partial charge in [0, 0.05) is 33.4 Å². The van der Waals surface area contributed by atoms with Gasteiger partial charge in [0.25, 0.3) is 5.91 Å². The molecule has 4 rings (SSSR count). The number of carbonyl (C=O) groups excluding carboxylic acids is 1. The minimum atomic E-state index is -1.10. The Morgan fingerprint density at radius 1 is 0.885 bits per heavy atom. The van der Waals surface area contributed by atoms with E-state index in [2.05, 4.69) is 10.6 Å². The van der Waals surface area contributed by atoms with Crippen LogP contribution < -0.4 is 10.6 Å². The Balaban J connectivity index is 1.87. The molecular formula is C21H16Cl2N2O. The van der Waals surface area contributed by atoms with E-state index in [4.69, 9.17) is 23.2 Å². The highest BCUT2D eigenvalue weighted by Crippen LogP contribution is 2.44. The number of hydrogen-bond acceptors (Lipinski definition) is 2. The van der Waals surface area contributed by atoms with E-state index in [1.807, 2.05) is 60.7 Å². The van der Waals surface area contributed by atoms with Crippen molar-refractivity contribution in [2.45, 2.75) is 12.1 Å². The van der Waals surface area contributed by atoms with Crippen molar-refractivity contribution in [3.8, 4) is 0 Å². The van der Waals surface area contributed by atoms with Gasteiger partial charge < -0.3 is 5.32 Å². The number of rotatable bonds is 4. The minimum Gasteiger partial charge on any atom is -0.324 e. The zero-order valence-electron chi connectivity index (χ0n) is 13.8. The molecule has 130 valence electrons. The Labute approximate surface area is 162 Å². The van der Waals surface area contributed by atoms with Crippen LogP contribution in [0, 0.1) is 0 Å². The molecule has 1 aliphatic rings. The van der Waals surface area contributed by atoms with Gasteiger partial charge in [0.2, 0.25) is 0 Å². The van der Waals surface area contributed by atoms with E-state index in [1.165, 1.54) is 0 Å². The molecule has 1 aliphatic heterocycles. The van der Waals surface area contributed by atoms with Crippen molar-refractivity contribution in [1.82, 2.24) is 5.32 Å². The van der Waals surface area contributed by atoms with Crippen LogP contribution in [0.4, 0.5) is 5.69 Å². The van der Waals surface area contributed by atoms with Gasteiger partial charge in [0.05, 0.1) is 0 Å². The lowest BCUT2D eigenvalue weighted by atomic mass is 9.83. The summed E-state index contributed by atoms with van der Waals surface area (Å²) in [6.45, 7) is 0.505. The Morgan fingerprint density at radius 2 is 1.62 bits per heavy atom. The van der Waals surface area contributed by atoms with Crippen LogP contribution >= 0.6 is 23.2 Å². The maximum Gasteiger partial charge on any atom is 0.254 e. The monoisotopic (exact) mass is 382 g/mol. The standard InChI is InChI=1S/C21H16Cl2N2O/c22-15-10-11-19-17(12-15)21(20(26)25-19,16-8-4-5-9-18(16)23)24-13-14-6-2-1-3-7-14/h1-12,24H,13H2,(H,25,26). The molecule has 0 aliphatic carbocycles. The molecule has 1 heterocycles. The smallest absolute Gasteiger partial charge is 0.254 e. The second kappa shape index (κ2) is 6.76. The summed E-state index contributed by atoms with van der Waals surface area (Å²) in [4.78, 5) is 13.2. The third-order valence-corrected chi connectivity index (χ3v) is 5.22. The molecule has 3 aromatic carbocycles. The van der Waals surface area contributed by atoms with E-state index in [0.717, 1.165) is 16.8 Å². The van der Waals surface area contributed by atoms with Crippen LogP contribution in [0.5, 0.6) is 0 Å². The molecule has 0 radical (unpaired) electrons. The van der Waals surface area contributed by atoms with E-state index in [9.17, 15) is 4.79 Å². The van der Waals surface area contributed by atoms with Gasteiger partial charge in [0.15, 0.2) is 5.54 Å². The zero-order valence-corrected chi connectivity index (χ0v) is 15.3. The van der Waals surface area contributed by atoms with Crippen LogP contribution in [0.15, 0.2) is 72.8 Å². The summed E-state index contributed by atoms with van der Waals surface area (Å²) in [6.07, 6.45) is 0. The topological polar surface area (TPSA) is 41.1 Å². The fourth-order valence-electron chi connectivity index (χ4n) is 3.41. The Bertz CT molecular complexity index is 975. The molecule has 1 amide bonds. The molecule has 0 fully saturated rings. The average Bonchev–Trinajstić information content (AvgIpc) is 2.93. The van der Waals surface area contributed by atoms with E-state index in [0.29, 0.717) is 22.2 Å². The highest BCUT2D eigenvalue weighted by Gasteiger charge is 2.49. The third-order valence-electron chi connectivity index (χ3n) is 4.65. The number of amides is 1. The second-order valence-corrected chi connectivity index (χ2v) is 7.06. The van der Waals surface area contributed by atoms with Crippen LogP contribution in [-0.4, -0.2) is 5.91 Å². The molecular weight excluding hydrogens is 367 g/mol. The summed E-state index contributed by atoms with van der Waals surface area (Å²) in [7, 11) is 0. The first-order chi connectivity index (χ1) is 12.6. The van der Waals surface area contributed by atoms with E-state index in [-0.39, 0.29) is 5.91 Å². The quantitative estimate of drug-likeness (QED) is 0.667. The maximum atomic E-state index is 13.2. The van der Waals surface area contributed by atoms with Gasteiger partial charge in [0.1, 0.15) is 0 Å². The molecule has 5 heteroatoms. The van der Waals surface area contributed by atoms with Gasteiger partial charge in [-0.1, -0.05) is 71.7 Å². The van der Waals surface area contributed by atoms with Gasteiger partial charge in [-0.15, -0.1) is 0 Å². The molecule has 2 N–H and O–H groups in total. The first-order valence-corrected chi connectivity index (χ1v) is 9.02. The van der Waals surface area contributed by atoms with Crippen molar-refractivity contribution in [2.75, 3.05) is 5.32 Å². The highest BCUT2D eigenvalue weighted by molar-refractivity contribution is 6.32. The minimum absolute atomic E-state index is 0.168. The Morgan fingerprint density at radius 3 is 2.38 bits per heavy atom. The number of fused-ring (bicyclic) bond motifs is 1. The SMILES string of the molecule is O=C1Nc2ccc(Cl)cc2C1(NCc1ccccc1)c1ccccc1Cl. The maximum absolute atomic E-state index is 13.2. The normalized spacial score (nSPS) is 18.5. The molecule has 0 saturated heterocycles. The first kappa shape index (κ1) is 17.1. The summed E-state index contributed by atoms with van der Waals surface area (Å²) in [5.74, 6) is -0.168. The molecule has 3 nitrogen and oxygen atoms in total. The van der Waals surface area contributed by atoms with Crippen molar-refractivity contribution >= 4 is 34.8 Å². The van der Waals surface area contributed by atoms with Crippen LogP contribution in [0.3, 0.4) is 0 Å². The molecule has 0 spiro atoms. The van der Waals surface area contributed by atoms with Crippen molar-refractivity contribution < 1.29 is 4.79 Å². The van der Waals surface area contributed by atoms with E-state index >= 15 is 0 Å². The average molecular weight is 383 g/mol. The highest BCUT2D eigenvalue weighted by atomic mass is 35.5. The van der Waals surface area contributed by atoms with E-state index in [1.54, 1.807) is 12.1 Å². The van der Waals surface area contributed by atoms with Crippen molar-refractivity contribution in [3.05, 3.63) is 99.5 Å². The largest absolute Gasteiger partial charge is 0.324 e. The predicted octanol–water partition coefficient (Wildman–Crippen LogP) is 4.98. The summed E-state index contributed by atoms with van der Waals surface area (Å²) >= 11 is 12.7. The molecule has 1 unspecified atom stereocenters. The summed E-state index contributed by atoms with van der Waals surface area (Å²) in [5, 5.41) is 7.50. The number of nitrogens with one attached hydrogen (secondary N) is 2. The van der Waals surface area contributed by atoms with Gasteiger partial charge in [-0.3, -0.25) is 10.1 Å². The lowest BCUT2D eigenvalue weighted by molar-refractivity contribution is -0.120. The molecule has 0 saturated carbocycles. The van der Waals surface area contributed by atoms with Gasteiger partial charge in [-0.25, -0.2) is 0 Å². The van der Waals surface area contributed by atoms with Crippen molar-refractivity contribution in [2.24, 2.45) is 0 Å². The summed E-state index contributed by atoms with van der Waals surface area (Å²) < 4.78 is 0. The number of benzene rings is 3. The van der Waals surface area contributed by atoms with Gasteiger partial charge in [-0.2, -0.15) is 0 Å². The molecule has 26 heavy (non-hydrogen) atoms. The molecule has 3 aromatic rings. The Hall–Kier alpha value is -2.33. The number of carbonyl (C=O) groups is 1. The predicted molar refractivity (Wildman–Crippen MR) is 106 cm³/mol. The molecule has 0 bridgehead atoms. The first-order valence-electron chi connectivity index (χ1n) is 8.27.